The van der Waals surface area contributed by atoms with Crippen LogP contribution >= 0.6 is 24.0 Å². The first-order valence-electron chi connectivity index (χ1n) is 8.60. The fourth-order valence-corrected chi connectivity index (χ4v) is 3.08. The summed E-state index contributed by atoms with van der Waals surface area (Å²) in [6.07, 6.45) is 3.05. The summed E-state index contributed by atoms with van der Waals surface area (Å²) in [7, 11) is 0. The van der Waals surface area contributed by atoms with Crippen molar-refractivity contribution in [1.82, 2.24) is 10.2 Å². The van der Waals surface area contributed by atoms with E-state index in [1.807, 2.05) is 0 Å². The van der Waals surface area contributed by atoms with Crippen LogP contribution in [0.5, 0.6) is 0 Å². The number of hydrogen-bond donors (Lipinski definition) is 2. The highest BCUT2D eigenvalue weighted by Crippen LogP contribution is 2.18. The number of ether oxygens (including phenoxy) is 1. The van der Waals surface area contributed by atoms with Gasteiger partial charge in [0.15, 0.2) is 5.96 Å². The summed E-state index contributed by atoms with van der Waals surface area (Å²) in [5, 5.41) is 3.21. The summed E-state index contributed by atoms with van der Waals surface area (Å²) in [5.41, 5.74) is 8.39. The Kier molecular flexibility index (Phi) is 7.31. The summed E-state index contributed by atoms with van der Waals surface area (Å²) in [6.45, 7) is 7.90. The molecule has 1 aliphatic carbocycles. The van der Waals surface area contributed by atoms with Crippen molar-refractivity contribution in [2.45, 2.75) is 58.0 Å². The van der Waals surface area contributed by atoms with Gasteiger partial charge in [-0.25, -0.2) is 4.99 Å². The summed E-state index contributed by atoms with van der Waals surface area (Å²) in [6, 6.07) is 9.24. The molecule has 0 bridgehead atoms. The van der Waals surface area contributed by atoms with Crippen molar-refractivity contribution in [1.29, 1.82) is 0 Å². The molecule has 1 aliphatic heterocycles. The van der Waals surface area contributed by atoms with Gasteiger partial charge in [-0.15, -0.1) is 24.0 Å². The van der Waals surface area contributed by atoms with Crippen molar-refractivity contribution in [2.24, 2.45) is 10.7 Å². The van der Waals surface area contributed by atoms with E-state index in [9.17, 15) is 0 Å². The fraction of sp³-hybridized carbons (Fsp3) is 0.611. The van der Waals surface area contributed by atoms with Crippen molar-refractivity contribution in [2.75, 3.05) is 13.1 Å². The highest BCUT2D eigenvalue weighted by Gasteiger charge is 2.22. The Hall–Kier alpha value is -0.860. The molecule has 0 spiro atoms. The zero-order valence-corrected chi connectivity index (χ0v) is 16.9. The maximum Gasteiger partial charge on any atom is 0.189 e. The molecule has 1 saturated carbocycles. The van der Waals surface area contributed by atoms with E-state index < -0.39 is 0 Å². The Bertz CT molecular complexity index is 534. The van der Waals surface area contributed by atoms with Gasteiger partial charge in [0.2, 0.25) is 0 Å². The van der Waals surface area contributed by atoms with Crippen molar-refractivity contribution < 1.29 is 4.74 Å². The minimum Gasteiger partial charge on any atom is -0.373 e. The number of halogens is 1. The molecule has 1 saturated heterocycles. The summed E-state index contributed by atoms with van der Waals surface area (Å²) in [4.78, 5) is 6.86. The smallest absolute Gasteiger partial charge is 0.189 e. The van der Waals surface area contributed by atoms with Crippen LogP contribution in [0.3, 0.4) is 0 Å². The number of nitrogens with two attached hydrogens (primary N) is 1. The lowest BCUT2D eigenvalue weighted by Gasteiger charge is -2.35. The largest absolute Gasteiger partial charge is 0.373 e. The van der Waals surface area contributed by atoms with Crippen LogP contribution in [0.4, 0.5) is 0 Å². The maximum atomic E-state index is 5.86. The van der Waals surface area contributed by atoms with E-state index in [0.717, 1.165) is 19.6 Å². The predicted molar refractivity (Wildman–Crippen MR) is 109 cm³/mol. The Morgan fingerprint density at radius 1 is 1.17 bits per heavy atom. The van der Waals surface area contributed by atoms with E-state index in [1.165, 1.54) is 24.0 Å². The van der Waals surface area contributed by atoms with E-state index >= 15 is 0 Å². The molecule has 1 aromatic rings. The summed E-state index contributed by atoms with van der Waals surface area (Å²) < 4.78 is 5.79. The van der Waals surface area contributed by atoms with Crippen molar-refractivity contribution in [3.05, 3.63) is 35.4 Å². The van der Waals surface area contributed by atoms with Crippen LogP contribution in [-0.4, -0.2) is 42.2 Å². The number of rotatable bonds is 5. The minimum absolute atomic E-state index is 0. The van der Waals surface area contributed by atoms with Crippen molar-refractivity contribution in [3.8, 4) is 0 Å². The Morgan fingerprint density at radius 2 is 1.75 bits per heavy atom. The van der Waals surface area contributed by atoms with E-state index in [1.54, 1.807) is 0 Å². The number of benzene rings is 1. The normalized spacial score (nSPS) is 25.2. The second-order valence-corrected chi connectivity index (χ2v) is 6.89. The molecule has 0 radical (unpaired) electrons. The second kappa shape index (κ2) is 9.01. The first kappa shape index (κ1) is 19.5. The van der Waals surface area contributed by atoms with Gasteiger partial charge in [0.1, 0.15) is 0 Å². The number of nitrogens with zero attached hydrogens (tertiary/aromatic N) is 2. The summed E-state index contributed by atoms with van der Waals surface area (Å²) >= 11 is 0. The lowest BCUT2D eigenvalue weighted by Crippen LogP contribution is -2.44. The zero-order chi connectivity index (χ0) is 16.2. The average Bonchev–Trinajstić information content (AvgIpc) is 3.29. The Morgan fingerprint density at radius 3 is 2.33 bits per heavy atom. The van der Waals surface area contributed by atoms with E-state index in [-0.39, 0.29) is 24.0 Å². The molecule has 2 aliphatic rings. The predicted octanol–water partition coefficient (Wildman–Crippen LogP) is 2.48. The average molecular weight is 444 g/mol. The van der Waals surface area contributed by atoms with Gasteiger partial charge in [-0.2, -0.15) is 0 Å². The zero-order valence-electron chi connectivity index (χ0n) is 14.6. The highest BCUT2D eigenvalue weighted by molar-refractivity contribution is 14.0. The van der Waals surface area contributed by atoms with Gasteiger partial charge < -0.3 is 15.8 Å². The molecule has 0 amide bonds. The van der Waals surface area contributed by atoms with Crippen molar-refractivity contribution >= 4 is 29.9 Å². The number of hydrogen-bond acceptors (Lipinski definition) is 3. The van der Waals surface area contributed by atoms with Gasteiger partial charge >= 0.3 is 0 Å². The third kappa shape index (κ3) is 6.22. The second-order valence-electron chi connectivity index (χ2n) is 6.89. The Balaban J connectivity index is 0.00000208. The first-order chi connectivity index (χ1) is 11.1. The van der Waals surface area contributed by atoms with E-state index in [4.69, 9.17) is 10.5 Å². The van der Waals surface area contributed by atoms with Crippen LogP contribution in [0.1, 0.15) is 37.8 Å². The molecule has 1 heterocycles. The molecular weight excluding hydrogens is 415 g/mol. The fourth-order valence-electron chi connectivity index (χ4n) is 3.08. The topological polar surface area (TPSA) is 62.9 Å². The van der Waals surface area contributed by atoms with Gasteiger partial charge in [-0.1, -0.05) is 24.3 Å². The molecule has 2 fully saturated rings. The Labute approximate surface area is 162 Å². The molecule has 3 rings (SSSR count). The molecule has 3 N–H and O–H groups in total. The van der Waals surface area contributed by atoms with Gasteiger partial charge in [0.25, 0.3) is 0 Å². The van der Waals surface area contributed by atoms with Gasteiger partial charge in [0.05, 0.1) is 18.8 Å². The third-order valence-corrected chi connectivity index (χ3v) is 4.29. The van der Waals surface area contributed by atoms with Gasteiger partial charge in [-0.3, -0.25) is 4.90 Å². The van der Waals surface area contributed by atoms with E-state index in [2.05, 4.69) is 53.3 Å². The van der Waals surface area contributed by atoms with Gasteiger partial charge in [-0.05, 0) is 37.8 Å². The van der Waals surface area contributed by atoms with Crippen LogP contribution in [-0.2, 0) is 17.8 Å². The van der Waals surface area contributed by atoms with Crippen LogP contribution in [0.2, 0.25) is 0 Å². The highest BCUT2D eigenvalue weighted by atomic mass is 127. The summed E-state index contributed by atoms with van der Waals surface area (Å²) in [5.74, 6) is 0.563. The minimum atomic E-state index is 0. The molecule has 24 heavy (non-hydrogen) atoms. The van der Waals surface area contributed by atoms with Gasteiger partial charge in [0, 0.05) is 25.7 Å². The molecule has 134 valence electrons. The van der Waals surface area contributed by atoms with E-state index in [0.29, 0.717) is 30.8 Å². The number of aliphatic imine (C=N–C) groups is 1. The van der Waals surface area contributed by atoms with Crippen LogP contribution < -0.4 is 11.1 Å². The monoisotopic (exact) mass is 444 g/mol. The number of morpholine rings is 1. The lowest BCUT2D eigenvalue weighted by atomic mass is 10.1. The molecule has 5 nitrogen and oxygen atoms in total. The number of nitrogens with one attached hydrogen (secondary N) is 1. The third-order valence-electron chi connectivity index (χ3n) is 4.29. The SMILES string of the molecule is CC1CN(Cc2ccc(CN=C(N)NC3CC3)cc2)CC(C)O1.I. The molecule has 2 atom stereocenters. The standard InChI is InChI=1S/C18H28N4O.HI/c1-13-10-22(11-14(2)23-13)12-16-5-3-15(4-6-16)9-20-18(19)21-17-7-8-17;/h3-6,13-14,17H,7-12H2,1-2H3,(H3,19,20,21);1H. The van der Waals surface area contributed by atoms with Crippen LogP contribution in [0, 0.1) is 0 Å². The molecule has 1 aromatic carbocycles. The molecule has 2 unspecified atom stereocenters. The molecular formula is C18H29IN4O. The first-order valence-corrected chi connectivity index (χ1v) is 8.60. The van der Waals surface area contributed by atoms with Crippen LogP contribution in [0.25, 0.3) is 0 Å². The maximum absolute atomic E-state index is 5.86. The molecule has 6 heteroatoms. The van der Waals surface area contributed by atoms with Crippen molar-refractivity contribution in [3.63, 3.8) is 0 Å². The van der Waals surface area contributed by atoms with Crippen LogP contribution in [0.15, 0.2) is 29.3 Å². The lowest BCUT2D eigenvalue weighted by molar-refractivity contribution is -0.0704. The quantitative estimate of drug-likeness (QED) is 0.416. The number of guanidine groups is 1. The molecule has 0 aromatic heterocycles.